The van der Waals surface area contributed by atoms with Crippen LogP contribution in [0.3, 0.4) is 0 Å². The highest BCUT2D eigenvalue weighted by molar-refractivity contribution is 5.89. The molecule has 2 fully saturated rings. The number of benzene rings is 1. The molecule has 2 aromatic heterocycles. The fourth-order valence-electron chi connectivity index (χ4n) is 4.28. The first-order valence-corrected chi connectivity index (χ1v) is 9.78. The molecule has 0 bridgehead atoms. The topological polar surface area (TPSA) is 78.7 Å². The molecule has 2 aliphatic rings. The van der Waals surface area contributed by atoms with Gasteiger partial charge in [-0.15, -0.1) is 15.3 Å². The fourth-order valence-corrected chi connectivity index (χ4v) is 4.28. The van der Waals surface area contributed by atoms with Gasteiger partial charge in [0.25, 0.3) is 0 Å². The minimum Gasteiger partial charge on any atom is -0.354 e. The number of rotatable bonds is 3. The van der Waals surface area contributed by atoms with Gasteiger partial charge in [-0.1, -0.05) is 25.1 Å². The number of likely N-dealkylation sites (tertiary alicyclic amines) is 1. The maximum absolute atomic E-state index is 12.6. The van der Waals surface area contributed by atoms with Gasteiger partial charge in [0.15, 0.2) is 11.5 Å². The molecule has 144 valence electrons. The Hall–Kier alpha value is -3.16. The Morgan fingerprint density at radius 1 is 1.04 bits per heavy atom. The van der Waals surface area contributed by atoms with Crippen LogP contribution in [0, 0.1) is 11.8 Å². The van der Waals surface area contributed by atoms with Crippen molar-refractivity contribution in [3.63, 3.8) is 0 Å². The van der Waals surface area contributed by atoms with E-state index in [0.29, 0.717) is 11.8 Å². The second-order valence-corrected chi connectivity index (χ2v) is 7.56. The number of aromatic nitrogens is 4. The van der Waals surface area contributed by atoms with Crippen molar-refractivity contribution in [1.82, 2.24) is 24.7 Å². The van der Waals surface area contributed by atoms with E-state index in [1.165, 1.54) is 0 Å². The number of urea groups is 1. The third-order valence-corrected chi connectivity index (χ3v) is 5.75. The van der Waals surface area contributed by atoms with Gasteiger partial charge in [-0.25, -0.2) is 4.79 Å². The van der Waals surface area contributed by atoms with Gasteiger partial charge in [-0.2, -0.15) is 4.52 Å². The molecule has 1 N–H and O–H groups in total. The van der Waals surface area contributed by atoms with Crippen LogP contribution in [0.1, 0.15) is 12.7 Å². The molecule has 4 heterocycles. The molecule has 8 heteroatoms. The standard InChI is InChI=1S/C20H23N7O/c1-2-17-22-23-18-8-9-19(24-27(17)18)25-10-14-12-26(13-15(14)11-25)20(28)21-16-6-4-3-5-7-16/h3-9,14-15H,2,10-13H2,1H3,(H,21,28). The van der Waals surface area contributed by atoms with E-state index >= 15 is 0 Å². The number of hydrogen-bond acceptors (Lipinski definition) is 5. The van der Waals surface area contributed by atoms with Gasteiger partial charge >= 0.3 is 6.03 Å². The zero-order chi connectivity index (χ0) is 19.1. The van der Waals surface area contributed by atoms with Crippen molar-refractivity contribution in [2.75, 3.05) is 36.4 Å². The Bertz CT molecular complexity index is 988. The zero-order valence-corrected chi connectivity index (χ0v) is 15.8. The summed E-state index contributed by atoms with van der Waals surface area (Å²) in [6, 6.07) is 13.6. The molecule has 8 nitrogen and oxygen atoms in total. The number of carbonyl (C=O) groups excluding carboxylic acids is 1. The number of amides is 2. The summed E-state index contributed by atoms with van der Waals surface area (Å²) in [5.41, 5.74) is 1.62. The molecule has 0 spiro atoms. The highest BCUT2D eigenvalue weighted by atomic mass is 16.2. The van der Waals surface area contributed by atoms with Crippen molar-refractivity contribution in [3.8, 4) is 0 Å². The summed E-state index contributed by atoms with van der Waals surface area (Å²) in [5, 5.41) is 16.1. The predicted octanol–water partition coefficient (Wildman–Crippen LogP) is 2.29. The van der Waals surface area contributed by atoms with Crippen molar-refractivity contribution in [3.05, 3.63) is 48.3 Å². The summed E-state index contributed by atoms with van der Waals surface area (Å²) in [6.07, 6.45) is 0.800. The molecule has 5 rings (SSSR count). The van der Waals surface area contributed by atoms with Crippen molar-refractivity contribution in [1.29, 1.82) is 0 Å². The van der Waals surface area contributed by atoms with Gasteiger partial charge in [0, 0.05) is 50.1 Å². The third kappa shape index (κ3) is 2.94. The van der Waals surface area contributed by atoms with E-state index in [1.807, 2.05) is 51.9 Å². The summed E-state index contributed by atoms with van der Waals surface area (Å²) < 4.78 is 1.84. The van der Waals surface area contributed by atoms with E-state index in [1.54, 1.807) is 0 Å². The first kappa shape index (κ1) is 17.0. The van der Waals surface area contributed by atoms with Gasteiger partial charge < -0.3 is 15.1 Å². The number of fused-ring (bicyclic) bond motifs is 2. The first-order valence-electron chi connectivity index (χ1n) is 9.78. The van der Waals surface area contributed by atoms with Crippen LogP contribution in [0.25, 0.3) is 5.65 Å². The van der Waals surface area contributed by atoms with Crippen LogP contribution >= 0.6 is 0 Å². The van der Waals surface area contributed by atoms with E-state index in [-0.39, 0.29) is 6.03 Å². The summed E-state index contributed by atoms with van der Waals surface area (Å²) in [7, 11) is 0. The van der Waals surface area contributed by atoms with E-state index in [4.69, 9.17) is 5.10 Å². The number of nitrogens with one attached hydrogen (secondary N) is 1. The first-order chi connectivity index (χ1) is 13.7. The number of carbonyl (C=O) groups is 1. The van der Waals surface area contributed by atoms with E-state index in [0.717, 1.165) is 55.6 Å². The smallest absolute Gasteiger partial charge is 0.321 e. The maximum Gasteiger partial charge on any atom is 0.321 e. The minimum absolute atomic E-state index is 0.0104. The van der Waals surface area contributed by atoms with Crippen molar-refractivity contribution >= 4 is 23.2 Å². The SMILES string of the molecule is CCc1nnc2ccc(N3CC4CN(C(=O)Nc5ccccc5)CC4C3)nn12. The average Bonchev–Trinajstić information content (AvgIpc) is 3.40. The molecule has 2 amide bonds. The van der Waals surface area contributed by atoms with Crippen LogP contribution in [0.15, 0.2) is 42.5 Å². The number of nitrogens with zero attached hydrogens (tertiary/aromatic N) is 6. The second-order valence-electron chi connectivity index (χ2n) is 7.56. The minimum atomic E-state index is -0.0104. The normalized spacial score (nSPS) is 21.3. The highest BCUT2D eigenvalue weighted by Crippen LogP contribution is 2.33. The van der Waals surface area contributed by atoms with Crippen molar-refractivity contribution in [2.45, 2.75) is 13.3 Å². The van der Waals surface area contributed by atoms with Crippen molar-refractivity contribution < 1.29 is 4.79 Å². The molecule has 2 aliphatic heterocycles. The van der Waals surface area contributed by atoms with E-state index in [9.17, 15) is 4.79 Å². The molecule has 1 aromatic carbocycles. The van der Waals surface area contributed by atoms with Crippen LogP contribution in [0.5, 0.6) is 0 Å². The van der Waals surface area contributed by atoms with Crippen molar-refractivity contribution in [2.24, 2.45) is 11.8 Å². The quantitative estimate of drug-likeness (QED) is 0.758. The molecule has 3 aromatic rings. The predicted molar refractivity (Wildman–Crippen MR) is 106 cm³/mol. The summed E-state index contributed by atoms with van der Waals surface area (Å²) in [5.74, 6) is 2.79. The Kier molecular flexibility index (Phi) is 4.11. The Labute approximate surface area is 163 Å². The van der Waals surface area contributed by atoms with Gasteiger partial charge in [-0.05, 0) is 24.3 Å². The Morgan fingerprint density at radius 3 is 2.50 bits per heavy atom. The monoisotopic (exact) mass is 377 g/mol. The molecular weight excluding hydrogens is 354 g/mol. The third-order valence-electron chi connectivity index (χ3n) is 5.75. The number of anilines is 2. The lowest BCUT2D eigenvalue weighted by Crippen LogP contribution is -2.36. The molecule has 2 unspecified atom stereocenters. The summed E-state index contributed by atoms with van der Waals surface area (Å²) in [4.78, 5) is 16.8. The van der Waals surface area contributed by atoms with E-state index < -0.39 is 0 Å². The molecular formula is C20H23N7O. The van der Waals surface area contributed by atoms with Crippen LogP contribution in [0.4, 0.5) is 16.3 Å². The second kappa shape index (κ2) is 6.78. The molecule has 28 heavy (non-hydrogen) atoms. The lowest BCUT2D eigenvalue weighted by Gasteiger charge is -2.22. The van der Waals surface area contributed by atoms with E-state index in [2.05, 4.69) is 27.3 Å². The Morgan fingerprint density at radius 2 is 1.79 bits per heavy atom. The lowest BCUT2D eigenvalue weighted by molar-refractivity contribution is 0.219. The average molecular weight is 377 g/mol. The molecule has 2 saturated heterocycles. The van der Waals surface area contributed by atoms with Gasteiger partial charge in [0.2, 0.25) is 0 Å². The molecule has 2 atom stereocenters. The van der Waals surface area contributed by atoms with Crippen LogP contribution in [-0.2, 0) is 6.42 Å². The van der Waals surface area contributed by atoms with Crippen LogP contribution in [0.2, 0.25) is 0 Å². The fraction of sp³-hybridized carbons (Fsp3) is 0.400. The molecule has 0 radical (unpaired) electrons. The number of aryl methyl sites for hydroxylation is 1. The Balaban J connectivity index is 1.25. The summed E-state index contributed by atoms with van der Waals surface area (Å²) in [6.45, 7) is 5.47. The lowest BCUT2D eigenvalue weighted by atomic mass is 10.0. The molecule has 0 aliphatic carbocycles. The van der Waals surface area contributed by atoms with Gasteiger partial charge in [0.05, 0.1) is 0 Å². The van der Waals surface area contributed by atoms with Crippen LogP contribution in [-0.4, -0.2) is 56.9 Å². The maximum atomic E-state index is 12.6. The number of para-hydroxylation sites is 1. The number of hydrogen-bond donors (Lipinski definition) is 1. The van der Waals surface area contributed by atoms with Crippen LogP contribution < -0.4 is 10.2 Å². The van der Waals surface area contributed by atoms with Gasteiger partial charge in [-0.3, -0.25) is 0 Å². The summed E-state index contributed by atoms with van der Waals surface area (Å²) >= 11 is 0. The zero-order valence-electron chi connectivity index (χ0n) is 15.8. The largest absolute Gasteiger partial charge is 0.354 e. The highest BCUT2D eigenvalue weighted by Gasteiger charge is 2.42. The van der Waals surface area contributed by atoms with Gasteiger partial charge in [0.1, 0.15) is 5.82 Å². The molecule has 0 saturated carbocycles.